The molecule has 92 valence electrons. The Morgan fingerprint density at radius 2 is 2.06 bits per heavy atom. The Morgan fingerprint density at radius 1 is 1.47 bits per heavy atom. The predicted octanol–water partition coefficient (Wildman–Crippen LogP) is 0.842. The van der Waals surface area contributed by atoms with E-state index in [0.29, 0.717) is 0 Å². The lowest BCUT2D eigenvalue weighted by Crippen LogP contribution is -2.26. The van der Waals surface area contributed by atoms with E-state index < -0.39 is 31.7 Å². The number of nitro groups is 1. The fraction of sp³-hybridized carbons (Fsp3) is 0.222. The Hall–Kier alpha value is -1.96. The fourth-order valence-corrected chi connectivity index (χ4v) is 2.34. The summed E-state index contributed by atoms with van der Waals surface area (Å²) in [5.74, 6) is -1.50. The number of benzene rings is 1. The van der Waals surface area contributed by atoms with Gasteiger partial charge in [0.25, 0.3) is 5.69 Å². The fourth-order valence-electron chi connectivity index (χ4n) is 1.11. The minimum atomic E-state index is -4.10. The number of hydrogen-bond acceptors (Lipinski definition) is 5. The van der Waals surface area contributed by atoms with Gasteiger partial charge in [-0.1, -0.05) is 6.07 Å². The van der Waals surface area contributed by atoms with Crippen molar-refractivity contribution >= 4 is 21.5 Å². The van der Waals surface area contributed by atoms with Gasteiger partial charge in [-0.3, -0.25) is 14.9 Å². The third kappa shape index (κ3) is 2.59. The van der Waals surface area contributed by atoms with E-state index in [1.807, 2.05) is 0 Å². The number of carbonyl (C=O) groups is 1. The summed E-state index contributed by atoms with van der Waals surface area (Å²) in [6.45, 7) is 1.01. The standard InChI is InChI=1S/C9H9NO6S/c1-6(9(11)12)17(15,16)8-4-2-3-7(5-8)10(13)14/h2-6H,1H3,(H,11,12). The lowest BCUT2D eigenvalue weighted by molar-refractivity contribution is -0.385. The van der Waals surface area contributed by atoms with Crippen LogP contribution in [0, 0.1) is 10.1 Å². The smallest absolute Gasteiger partial charge is 0.321 e. The maximum Gasteiger partial charge on any atom is 0.321 e. The van der Waals surface area contributed by atoms with Gasteiger partial charge in [-0.2, -0.15) is 0 Å². The first-order valence-electron chi connectivity index (χ1n) is 4.48. The van der Waals surface area contributed by atoms with Crippen molar-refractivity contribution in [2.45, 2.75) is 17.1 Å². The number of non-ortho nitro benzene ring substituents is 1. The molecule has 7 nitrogen and oxygen atoms in total. The summed E-state index contributed by atoms with van der Waals surface area (Å²) in [6.07, 6.45) is 0. The molecule has 0 aliphatic rings. The third-order valence-electron chi connectivity index (χ3n) is 2.17. The summed E-state index contributed by atoms with van der Waals surface area (Å²) in [5.41, 5.74) is -0.399. The Bertz CT molecular complexity index is 565. The topological polar surface area (TPSA) is 115 Å². The van der Waals surface area contributed by atoms with Gasteiger partial charge in [-0.15, -0.1) is 0 Å². The van der Waals surface area contributed by atoms with Crippen LogP contribution in [0.4, 0.5) is 5.69 Å². The van der Waals surface area contributed by atoms with Crippen molar-refractivity contribution in [3.8, 4) is 0 Å². The summed E-state index contributed by atoms with van der Waals surface area (Å²) >= 11 is 0. The lowest BCUT2D eigenvalue weighted by atomic mass is 10.3. The molecule has 0 fully saturated rings. The lowest BCUT2D eigenvalue weighted by Gasteiger charge is -2.07. The van der Waals surface area contributed by atoms with E-state index in [-0.39, 0.29) is 4.90 Å². The molecule has 0 spiro atoms. The first-order chi connectivity index (χ1) is 7.76. The molecule has 0 saturated carbocycles. The summed E-state index contributed by atoms with van der Waals surface area (Å²) in [7, 11) is -4.10. The van der Waals surface area contributed by atoms with Crippen LogP contribution < -0.4 is 0 Å². The van der Waals surface area contributed by atoms with Crippen molar-refractivity contribution in [3.63, 3.8) is 0 Å². The second-order valence-electron chi connectivity index (χ2n) is 3.28. The zero-order valence-electron chi connectivity index (χ0n) is 8.73. The second kappa shape index (κ2) is 4.50. The Kier molecular flexibility index (Phi) is 3.47. The van der Waals surface area contributed by atoms with Crippen LogP contribution >= 0.6 is 0 Å². The van der Waals surface area contributed by atoms with Gasteiger partial charge in [-0.05, 0) is 13.0 Å². The van der Waals surface area contributed by atoms with Crippen LogP contribution in [0.25, 0.3) is 0 Å². The minimum absolute atomic E-state index is 0.374. The molecule has 0 radical (unpaired) electrons. The number of carboxylic acids is 1. The summed E-state index contributed by atoms with van der Waals surface area (Å²) < 4.78 is 23.5. The molecule has 1 atom stereocenters. The van der Waals surface area contributed by atoms with Crippen molar-refractivity contribution in [2.75, 3.05) is 0 Å². The highest BCUT2D eigenvalue weighted by molar-refractivity contribution is 7.92. The van der Waals surface area contributed by atoms with E-state index in [1.54, 1.807) is 0 Å². The highest BCUT2D eigenvalue weighted by Gasteiger charge is 2.30. The van der Waals surface area contributed by atoms with Crippen molar-refractivity contribution in [1.82, 2.24) is 0 Å². The highest BCUT2D eigenvalue weighted by Crippen LogP contribution is 2.21. The molecule has 0 aliphatic heterocycles. The molecule has 0 aliphatic carbocycles. The SMILES string of the molecule is CC(C(=O)O)S(=O)(=O)c1cccc([N+](=O)[O-])c1. The zero-order chi connectivity index (χ0) is 13.2. The molecule has 0 saturated heterocycles. The molecule has 17 heavy (non-hydrogen) atoms. The third-order valence-corrected chi connectivity index (χ3v) is 4.21. The highest BCUT2D eigenvalue weighted by atomic mass is 32.2. The quantitative estimate of drug-likeness (QED) is 0.633. The number of nitrogens with zero attached hydrogens (tertiary/aromatic N) is 1. The Morgan fingerprint density at radius 3 is 2.53 bits per heavy atom. The summed E-state index contributed by atoms with van der Waals surface area (Å²) in [5, 5.41) is 17.5. The van der Waals surface area contributed by atoms with Crippen LogP contribution in [0.15, 0.2) is 29.2 Å². The first-order valence-corrected chi connectivity index (χ1v) is 6.02. The average Bonchev–Trinajstić information content (AvgIpc) is 2.28. The van der Waals surface area contributed by atoms with E-state index >= 15 is 0 Å². The van der Waals surface area contributed by atoms with E-state index in [1.165, 1.54) is 6.07 Å². The number of hydrogen-bond donors (Lipinski definition) is 1. The zero-order valence-corrected chi connectivity index (χ0v) is 9.55. The molecule has 0 aromatic heterocycles. The average molecular weight is 259 g/mol. The van der Waals surface area contributed by atoms with E-state index in [4.69, 9.17) is 5.11 Å². The van der Waals surface area contributed by atoms with Gasteiger partial charge in [0.05, 0.1) is 9.82 Å². The molecule has 1 aromatic rings. The number of sulfone groups is 1. The second-order valence-corrected chi connectivity index (χ2v) is 5.55. The minimum Gasteiger partial charge on any atom is -0.480 e. The molecule has 8 heteroatoms. The molecule has 0 heterocycles. The van der Waals surface area contributed by atoms with Gasteiger partial charge in [0.2, 0.25) is 0 Å². The van der Waals surface area contributed by atoms with E-state index in [9.17, 15) is 23.3 Å². The predicted molar refractivity (Wildman–Crippen MR) is 57.4 cm³/mol. The largest absolute Gasteiger partial charge is 0.480 e. The molecule has 1 rings (SSSR count). The summed E-state index contributed by atoms with van der Waals surface area (Å²) in [6, 6.07) is 4.29. The van der Waals surface area contributed by atoms with Crippen LogP contribution in [-0.4, -0.2) is 29.7 Å². The van der Waals surface area contributed by atoms with Crippen molar-refractivity contribution in [3.05, 3.63) is 34.4 Å². The van der Waals surface area contributed by atoms with Crippen LogP contribution in [0.1, 0.15) is 6.92 Å². The van der Waals surface area contributed by atoms with Gasteiger partial charge in [0.15, 0.2) is 15.1 Å². The normalized spacial score (nSPS) is 13.0. The van der Waals surface area contributed by atoms with Crippen molar-refractivity contribution in [1.29, 1.82) is 0 Å². The Labute approximate surface area is 96.8 Å². The molecule has 1 N–H and O–H groups in total. The molecular weight excluding hydrogens is 250 g/mol. The first kappa shape index (κ1) is 13.1. The molecule has 1 unspecified atom stereocenters. The van der Waals surface area contributed by atoms with E-state index in [0.717, 1.165) is 25.1 Å². The van der Waals surface area contributed by atoms with Crippen LogP contribution in [0.3, 0.4) is 0 Å². The van der Waals surface area contributed by atoms with Gasteiger partial charge >= 0.3 is 5.97 Å². The van der Waals surface area contributed by atoms with Crippen LogP contribution in [-0.2, 0) is 14.6 Å². The van der Waals surface area contributed by atoms with Crippen molar-refractivity contribution < 1.29 is 23.2 Å². The van der Waals surface area contributed by atoms with Gasteiger partial charge in [0.1, 0.15) is 0 Å². The van der Waals surface area contributed by atoms with Gasteiger partial charge in [0, 0.05) is 12.1 Å². The molecular formula is C9H9NO6S. The number of aliphatic carboxylic acids is 1. The molecule has 0 bridgehead atoms. The molecule has 0 amide bonds. The summed E-state index contributed by atoms with van der Waals surface area (Å²) in [4.78, 5) is 20.0. The number of nitro benzene ring substituents is 1. The van der Waals surface area contributed by atoms with Crippen LogP contribution in [0.5, 0.6) is 0 Å². The van der Waals surface area contributed by atoms with Gasteiger partial charge in [-0.25, -0.2) is 8.42 Å². The monoisotopic (exact) mass is 259 g/mol. The number of rotatable bonds is 4. The van der Waals surface area contributed by atoms with Crippen molar-refractivity contribution in [2.24, 2.45) is 0 Å². The maximum atomic E-state index is 11.7. The maximum absolute atomic E-state index is 11.7. The number of carboxylic acid groups (broad SMARTS) is 1. The van der Waals surface area contributed by atoms with Crippen LogP contribution in [0.2, 0.25) is 0 Å². The molecule has 1 aromatic carbocycles. The Balaban J connectivity index is 3.30. The van der Waals surface area contributed by atoms with Gasteiger partial charge < -0.3 is 5.11 Å². The van der Waals surface area contributed by atoms with E-state index in [2.05, 4.69) is 0 Å².